The molecule has 1 N–H and O–H groups in total. The SMILES string of the molecule is COc1cccc(F)c1C(=O)N(C)CC(=O)N1CCCC(C(=O)O)C1. The van der Waals surface area contributed by atoms with Crippen LogP contribution in [0.15, 0.2) is 18.2 Å². The second kappa shape index (κ2) is 7.96. The summed E-state index contributed by atoms with van der Waals surface area (Å²) in [5.41, 5.74) is -0.234. The van der Waals surface area contributed by atoms with Crippen molar-refractivity contribution in [2.24, 2.45) is 5.92 Å². The number of piperidine rings is 1. The van der Waals surface area contributed by atoms with Crippen molar-refractivity contribution in [1.82, 2.24) is 9.80 Å². The number of nitrogens with zero attached hydrogens (tertiary/aromatic N) is 2. The van der Waals surface area contributed by atoms with Crippen molar-refractivity contribution in [3.05, 3.63) is 29.6 Å². The third-order valence-electron chi connectivity index (χ3n) is 4.25. The van der Waals surface area contributed by atoms with E-state index in [1.165, 1.54) is 31.2 Å². The fourth-order valence-electron chi connectivity index (χ4n) is 2.85. The fourth-order valence-corrected chi connectivity index (χ4v) is 2.85. The van der Waals surface area contributed by atoms with Crippen molar-refractivity contribution in [3.63, 3.8) is 0 Å². The Bertz CT molecular complexity index is 679. The average Bonchev–Trinajstić information content (AvgIpc) is 2.60. The topological polar surface area (TPSA) is 87.2 Å². The molecule has 1 aliphatic rings. The standard InChI is InChI=1S/C17H21FN2O5/c1-19(16(22)15-12(18)6-3-7-13(15)25-2)10-14(21)20-8-4-5-11(9-20)17(23)24/h3,6-7,11H,4-5,8-10H2,1-2H3,(H,23,24). The van der Waals surface area contributed by atoms with Gasteiger partial charge in [0.25, 0.3) is 5.91 Å². The summed E-state index contributed by atoms with van der Waals surface area (Å²) in [4.78, 5) is 38.5. The number of carbonyl (C=O) groups excluding carboxylic acids is 2. The summed E-state index contributed by atoms with van der Waals surface area (Å²) in [6.45, 7) is 0.315. The van der Waals surface area contributed by atoms with Crippen LogP contribution in [0, 0.1) is 11.7 Å². The monoisotopic (exact) mass is 352 g/mol. The normalized spacial score (nSPS) is 17.1. The summed E-state index contributed by atoms with van der Waals surface area (Å²) in [5.74, 6) is -3.20. The number of hydrogen-bond acceptors (Lipinski definition) is 4. The highest BCUT2D eigenvalue weighted by Gasteiger charge is 2.30. The van der Waals surface area contributed by atoms with E-state index in [1.807, 2.05) is 0 Å². The Morgan fingerprint density at radius 3 is 2.76 bits per heavy atom. The van der Waals surface area contributed by atoms with Gasteiger partial charge < -0.3 is 19.6 Å². The number of methoxy groups -OCH3 is 1. The molecular weight excluding hydrogens is 331 g/mol. The number of hydrogen-bond donors (Lipinski definition) is 1. The molecule has 0 aliphatic carbocycles. The second-order valence-corrected chi connectivity index (χ2v) is 6.00. The fraction of sp³-hybridized carbons (Fsp3) is 0.471. The molecule has 1 unspecified atom stereocenters. The van der Waals surface area contributed by atoms with Gasteiger partial charge in [-0.2, -0.15) is 0 Å². The van der Waals surface area contributed by atoms with Gasteiger partial charge in [0.05, 0.1) is 19.6 Å². The maximum atomic E-state index is 14.0. The summed E-state index contributed by atoms with van der Waals surface area (Å²) in [6, 6.07) is 4.04. The molecule has 0 radical (unpaired) electrons. The Hall–Kier alpha value is -2.64. The van der Waals surface area contributed by atoms with Crippen molar-refractivity contribution in [2.45, 2.75) is 12.8 Å². The highest BCUT2D eigenvalue weighted by Crippen LogP contribution is 2.23. The quantitative estimate of drug-likeness (QED) is 0.861. The molecule has 2 amide bonds. The molecule has 1 heterocycles. The number of benzene rings is 1. The van der Waals surface area contributed by atoms with Crippen LogP contribution in [0.5, 0.6) is 5.75 Å². The summed E-state index contributed by atoms with van der Waals surface area (Å²) in [7, 11) is 2.72. The van der Waals surface area contributed by atoms with Crippen molar-refractivity contribution in [2.75, 3.05) is 33.8 Å². The Kier molecular flexibility index (Phi) is 5.95. The molecule has 0 spiro atoms. The number of carboxylic acid groups (broad SMARTS) is 1. The van der Waals surface area contributed by atoms with Crippen LogP contribution in [-0.2, 0) is 9.59 Å². The van der Waals surface area contributed by atoms with E-state index in [0.717, 1.165) is 11.0 Å². The number of halogens is 1. The van der Waals surface area contributed by atoms with Crippen LogP contribution in [0.4, 0.5) is 4.39 Å². The van der Waals surface area contributed by atoms with Gasteiger partial charge in [0.2, 0.25) is 5.91 Å². The van der Waals surface area contributed by atoms with E-state index in [0.29, 0.717) is 19.4 Å². The van der Waals surface area contributed by atoms with Crippen molar-refractivity contribution in [1.29, 1.82) is 0 Å². The number of likely N-dealkylation sites (N-methyl/N-ethyl adjacent to an activating group) is 1. The first-order valence-electron chi connectivity index (χ1n) is 7.93. The highest BCUT2D eigenvalue weighted by atomic mass is 19.1. The second-order valence-electron chi connectivity index (χ2n) is 6.00. The van der Waals surface area contributed by atoms with E-state index < -0.39 is 23.6 Å². The molecule has 1 aromatic carbocycles. The van der Waals surface area contributed by atoms with Crippen molar-refractivity contribution >= 4 is 17.8 Å². The van der Waals surface area contributed by atoms with E-state index in [9.17, 15) is 18.8 Å². The first-order valence-corrected chi connectivity index (χ1v) is 7.93. The minimum atomic E-state index is -0.932. The summed E-state index contributed by atoms with van der Waals surface area (Å²) >= 11 is 0. The maximum Gasteiger partial charge on any atom is 0.308 e. The summed E-state index contributed by atoms with van der Waals surface area (Å²) < 4.78 is 19.0. The molecular formula is C17H21FN2O5. The van der Waals surface area contributed by atoms with Crippen LogP contribution >= 0.6 is 0 Å². The number of amides is 2. The van der Waals surface area contributed by atoms with Crippen molar-refractivity contribution < 1.29 is 28.6 Å². The zero-order valence-electron chi connectivity index (χ0n) is 14.2. The molecule has 7 nitrogen and oxygen atoms in total. The number of aliphatic carboxylic acids is 1. The van der Waals surface area contributed by atoms with Gasteiger partial charge in [0, 0.05) is 20.1 Å². The summed E-state index contributed by atoms with van der Waals surface area (Å²) in [6.07, 6.45) is 1.13. The molecule has 1 saturated heterocycles. The first-order chi connectivity index (χ1) is 11.8. The molecule has 1 aliphatic heterocycles. The Morgan fingerprint density at radius 2 is 2.12 bits per heavy atom. The van der Waals surface area contributed by atoms with E-state index in [1.54, 1.807) is 0 Å². The maximum absolute atomic E-state index is 14.0. The van der Waals surface area contributed by atoms with Crippen LogP contribution in [0.2, 0.25) is 0 Å². The van der Waals surface area contributed by atoms with Crippen LogP contribution in [0.3, 0.4) is 0 Å². The molecule has 0 saturated carbocycles. The van der Waals surface area contributed by atoms with Gasteiger partial charge in [-0.25, -0.2) is 4.39 Å². The van der Waals surface area contributed by atoms with Gasteiger partial charge in [-0.05, 0) is 25.0 Å². The van der Waals surface area contributed by atoms with Crippen LogP contribution in [-0.4, -0.2) is 66.5 Å². The van der Waals surface area contributed by atoms with Crippen LogP contribution in [0.25, 0.3) is 0 Å². The van der Waals surface area contributed by atoms with Gasteiger partial charge in [0.15, 0.2) is 0 Å². The number of ether oxygens (including phenoxy) is 1. The number of likely N-dealkylation sites (tertiary alicyclic amines) is 1. The lowest BCUT2D eigenvalue weighted by atomic mass is 9.98. The van der Waals surface area contributed by atoms with Crippen molar-refractivity contribution in [3.8, 4) is 5.75 Å². The van der Waals surface area contributed by atoms with E-state index >= 15 is 0 Å². The highest BCUT2D eigenvalue weighted by molar-refractivity contribution is 5.99. The first kappa shape index (κ1) is 18.7. The smallest absolute Gasteiger partial charge is 0.308 e. The zero-order chi connectivity index (χ0) is 18.6. The number of carboxylic acids is 1. The van der Waals surface area contributed by atoms with Gasteiger partial charge in [0.1, 0.15) is 17.1 Å². The largest absolute Gasteiger partial charge is 0.496 e. The van der Waals surface area contributed by atoms with Gasteiger partial charge in [-0.1, -0.05) is 6.07 Å². The van der Waals surface area contributed by atoms with Crippen LogP contribution in [0.1, 0.15) is 23.2 Å². The lowest BCUT2D eigenvalue weighted by molar-refractivity contribution is -0.145. The minimum absolute atomic E-state index is 0.0909. The van der Waals surface area contributed by atoms with Crippen LogP contribution < -0.4 is 4.74 Å². The van der Waals surface area contributed by atoms with E-state index in [4.69, 9.17) is 9.84 Å². The molecule has 1 fully saturated rings. The molecule has 0 bridgehead atoms. The molecule has 1 atom stereocenters. The Labute approximate surface area is 145 Å². The molecule has 0 aromatic heterocycles. The molecule has 136 valence electrons. The lowest BCUT2D eigenvalue weighted by Crippen LogP contribution is -2.47. The third kappa shape index (κ3) is 4.26. The molecule has 25 heavy (non-hydrogen) atoms. The lowest BCUT2D eigenvalue weighted by Gasteiger charge is -2.32. The van der Waals surface area contributed by atoms with E-state index in [2.05, 4.69) is 0 Å². The molecule has 2 rings (SSSR count). The van der Waals surface area contributed by atoms with Gasteiger partial charge >= 0.3 is 5.97 Å². The Morgan fingerprint density at radius 1 is 1.40 bits per heavy atom. The predicted molar refractivity (Wildman–Crippen MR) is 86.9 cm³/mol. The average molecular weight is 352 g/mol. The minimum Gasteiger partial charge on any atom is -0.496 e. The zero-order valence-corrected chi connectivity index (χ0v) is 14.2. The number of rotatable bonds is 5. The predicted octanol–water partition coefficient (Wildman–Crippen LogP) is 1.23. The van der Waals surface area contributed by atoms with E-state index in [-0.39, 0.29) is 30.3 Å². The molecule has 1 aromatic rings. The summed E-state index contributed by atoms with van der Waals surface area (Å²) in [5, 5.41) is 9.09. The Balaban J connectivity index is 2.06. The molecule has 8 heteroatoms. The van der Waals surface area contributed by atoms with Gasteiger partial charge in [-0.15, -0.1) is 0 Å². The van der Waals surface area contributed by atoms with Gasteiger partial charge in [-0.3, -0.25) is 14.4 Å². The third-order valence-corrected chi connectivity index (χ3v) is 4.25. The number of carbonyl (C=O) groups is 3.